The molecule has 4 aromatic rings. The third kappa shape index (κ3) is 5.23. The smallest absolute Gasteiger partial charge is 0.419 e. The van der Waals surface area contributed by atoms with Gasteiger partial charge in [0.05, 0.1) is 30.8 Å². The number of likely N-dealkylation sites (tertiary alicyclic amines) is 1. The number of methoxy groups -OCH3 is 2. The van der Waals surface area contributed by atoms with Crippen LogP contribution in [-0.2, 0) is 16.0 Å². The maximum Gasteiger partial charge on any atom is 0.419 e. The second-order valence-corrected chi connectivity index (χ2v) is 13.4. The standard InChI is InChI=1S/C34H39F2N3O5/c1-20-15-27(42-5)25(22-10-13-39(29(20)22)31(41)44-32(2,3)4)17-38-14-11-33(18-34(35,36)19-33)16-26(38)24-8-7-23(30(40)43-6)21-9-12-37-28(21)24/h7-10,12-13,15,26,37H,11,14,16-19H2,1-6H3/t26-/m0/s1. The Morgan fingerprint density at radius 1 is 1.09 bits per heavy atom. The fourth-order valence-electron chi connectivity index (χ4n) is 7.36. The average Bonchev–Trinajstić information content (AvgIpc) is 3.61. The summed E-state index contributed by atoms with van der Waals surface area (Å²) in [5, 5.41) is 1.60. The molecule has 3 heterocycles. The van der Waals surface area contributed by atoms with Crippen molar-refractivity contribution in [2.45, 2.75) is 77.5 Å². The van der Waals surface area contributed by atoms with E-state index in [1.54, 1.807) is 25.6 Å². The lowest BCUT2D eigenvalue weighted by atomic mass is 9.59. The van der Waals surface area contributed by atoms with Crippen molar-refractivity contribution in [1.29, 1.82) is 0 Å². The summed E-state index contributed by atoms with van der Waals surface area (Å²) in [5.41, 5.74) is 3.61. The Kier molecular flexibility index (Phi) is 7.26. The van der Waals surface area contributed by atoms with Crippen molar-refractivity contribution in [2.75, 3.05) is 20.8 Å². The number of rotatable bonds is 5. The Hall–Kier alpha value is -3.92. The van der Waals surface area contributed by atoms with E-state index in [0.29, 0.717) is 37.2 Å². The van der Waals surface area contributed by atoms with Crippen molar-refractivity contribution < 1.29 is 32.6 Å². The van der Waals surface area contributed by atoms with E-state index < -0.39 is 29.0 Å². The molecule has 1 aliphatic carbocycles. The number of nitrogens with one attached hydrogen (secondary N) is 1. The van der Waals surface area contributed by atoms with E-state index in [-0.39, 0.29) is 18.9 Å². The largest absolute Gasteiger partial charge is 0.496 e. The van der Waals surface area contributed by atoms with Gasteiger partial charge in [-0.1, -0.05) is 6.07 Å². The molecule has 10 heteroatoms. The van der Waals surface area contributed by atoms with Gasteiger partial charge in [-0.2, -0.15) is 0 Å². The molecule has 1 aliphatic heterocycles. The number of aromatic nitrogens is 2. The van der Waals surface area contributed by atoms with Gasteiger partial charge in [0.2, 0.25) is 5.92 Å². The second kappa shape index (κ2) is 10.6. The van der Waals surface area contributed by atoms with Crippen LogP contribution in [0.1, 0.15) is 79.5 Å². The first-order valence-electron chi connectivity index (χ1n) is 15.0. The van der Waals surface area contributed by atoms with Crippen LogP contribution in [0.15, 0.2) is 42.7 Å². The number of alkyl halides is 2. The first-order valence-corrected chi connectivity index (χ1v) is 15.0. The normalized spacial score (nSPS) is 19.7. The quantitative estimate of drug-likeness (QED) is 0.234. The molecular formula is C34H39F2N3O5. The first kappa shape index (κ1) is 30.1. The molecular weight excluding hydrogens is 568 g/mol. The van der Waals surface area contributed by atoms with Gasteiger partial charge in [-0.05, 0) is 87.9 Å². The number of H-pyrrole nitrogens is 1. The summed E-state index contributed by atoms with van der Waals surface area (Å²) in [6.07, 6.45) is 4.03. The predicted molar refractivity (Wildman–Crippen MR) is 163 cm³/mol. The van der Waals surface area contributed by atoms with Crippen LogP contribution in [0.5, 0.6) is 5.75 Å². The lowest BCUT2D eigenvalue weighted by Gasteiger charge is -2.54. The van der Waals surface area contributed by atoms with Gasteiger partial charge in [-0.25, -0.2) is 18.4 Å². The molecule has 1 N–H and O–H groups in total. The van der Waals surface area contributed by atoms with Gasteiger partial charge < -0.3 is 19.2 Å². The van der Waals surface area contributed by atoms with E-state index in [4.69, 9.17) is 14.2 Å². The number of hydrogen-bond acceptors (Lipinski definition) is 6. The highest BCUT2D eigenvalue weighted by Gasteiger charge is 2.58. The molecule has 2 aliphatic rings. The second-order valence-electron chi connectivity index (χ2n) is 13.4. The molecule has 1 saturated heterocycles. The molecule has 0 unspecified atom stereocenters. The van der Waals surface area contributed by atoms with Crippen LogP contribution in [-0.4, -0.2) is 58.8 Å². The van der Waals surface area contributed by atoms with E-state index in [2.05, 4.69) is 9.88 Å². The molecule has 1 atom stereocenters. The zero-order valence-corrected chi connectivity index (χ0v) is 26.1. The molecule has 2 aromatic heterocycles. The van der Waals surface area contributed by atoms with Crippen LogP contribution < -0.4 is 4.74 Å². The van der Waals surface area contributed by atoms with Crippen molar-refractivity contribution in [3.63, 3.8) is 0 Å². The number of hydrogen-bond donors (Lipinski definition) is 1. The SMILES string of the molecule is COC(=O)c1ccc([C@@H]2CC3(CCN2Cc2c(OC)cc(C)c4c2ccn4C(=O)OC(C)(C)C)CC(F)(F)C3)c2[nH]ccc12. The molecule has 0 bridgehead atoms. The summed E-state index contributed by atoms with van der Waals surface area (Å²) in [5.74, 6) is -2.38. The van der Waals surface area contributed by atoms with Gasteiger partial charge in [0.1, 0.15) is 11.4 Å². The van der Waals surface area contributed by atoms with Crippen LogP contribution in [0, 0.1) is 12.3 Å². The zero-order valence-electron chi connectivity index (χ0n) is 26.1. The predicted octanol–water partition coefficient (Wildman–Crippen LogP) is 7.76. The number of aromatic amines is 1. The summed E-state index contributed by atoms with van der Waals surface area (Å²) in [7, 11) is 2.98. The van der Waals surface area contributed by atoms with Crippen molar-refractivity contribution >= 4 is 33.9 Å². The molecule has 234 valence electrons. The van der Waals surface area contributed by atoms with E-state index in [1.807, 2.05) is 52.0 Å². The molecule has 6 rings (SSSR count). The number of halogens is 2. The topological polar surface area (TPSA) is 85.8 Å². The van der Waals surface area contributed by atoms with Gasteiger partial charge in [0.25, 0.3) is 0 Å². The van der Waals surface area contributed by atoms with Gasteiger partial charge >= 0.3 is 12.1 Å². The molecule has 1 spiro atoms. The Bertz CT molecular complexity index is 1760. The van der Waals surface area contributed by atoms with Gasteiger partial charge in [0.15, 0.2) is 0 Å². The van der Waals surface area contributed by atoms with Crippen molar-refractivity contribution in [1.82, 2.24) is 14.5 Å². The molecule has 2 fully saturated rings. The summed E-state index contributed by atoms with van der Waals surface area (Å²) < 4.78 is 46.6. The minimum absolute atomic E-state index is 0.116. The lowest BCUT2D eigenvalue weighted by Crippen LogP contribution is -2.53. The summed E-state index contributed by atoms with van der Waals surface area (Å²) in [4.78, 5) is 31.3. The summed E-state index contributed by atoms with van der Waals surface area (Å²) in [6.45, 7) is 8.50. The number of esters is 1. The molecule has 2 aromatic carbocycles. The van der Waals surface area contributed by atoms with Gasteiger partial charge in [-0.3, -0.25) is 9.47 Å². The molecule has 8 nitrogen and oxygen atoms in total. The van der Waals surface area contributed by atoms with E-state index in [9.17, 15) is 18.4 Å². The van der Waals surface area contributed by atoms with E-state index in [0.717, 1.165) is 38.5 Å². The van der Waals surface area contributed by atoms with E-state index in [1.165, 1.54) is 11.7 Å². The molecule has 0 radical (unpaired) electrons. The number of ether oxygens (including phenoxy) is 3. The third-order valence-corrected chi connectivity index (χ3v) is 9.18. The van der Waals surface area contributed by atoms with E-state index >= 15 is 0 Å². The molecule has 1 saturated carbocycles. The highest BCUT2D eigenvalue weighted by Crippen LogP contribution is 2.61. The maximum absolute atomic E-state index is 14.3. The minimum atomic E-state index is -2.64. The molecule has 44 heavy (non-hydrogen) atoms. The average molecular weight is 608 g/mol. The number of piperidine rings is 1. The van der Waals surface area contributed by atoms with Gasteiger partial charge in [-0.15, -0.1) is 0 Å². The highest BCUT2D eigenvalue weighted by atomic mass is 19.3. The Morgan fingerprint density at radius 3 is 2.50 bits per heavy atom. The molecule has 0 amide bonds. The van der Waals surface area contributed by atoms with Crippen LogP contribution >= 0.6 is 0 Å². The number of benzene rings is 2. The number of carbonyl (C=O) groups excluding carboxylic acids is 2. The highest BCUT2D eigenvalue weighted by molar-refractivity contribution is 6.04. The fourth-order valence-corrected chi connectivity index (χ4v) is 7.36. The number of fused-ring (bicyclic) bond motifs is 2. The van der Waals surface area contributed by atoms with Crippen LogP contribution in [0.2, 0.25) is 0 Å². The third-order valence-electron chi connectivity index (χ3n) is 9.18. The fraction of sp³-hybridized carbons (Fsp3) is 0.471. The van der Waals surface area contributed by atoms with Crippen molar-refractivity contribution in [3.05, 3.63) is 65.0 Å². The monoisotopic (exact) mass is 607 g/mol. The summed E-state index contributed by atoms with van der Waals surface area (Å²) in [6, 6.07) is 9.15. The Morgan fingerprint density at radius 2 is 1.84 bits per heavy atom. The van der Waals surface area contributed by atoms with Crippen LogP contribution in [0.3, 0.4) is 0 Å². The van der Waals surface area contributed by atoms with Crippen LogP contribution in [0.25, 0.3) is 21.8 Å². The zero-order chi connectivity index (χ0) is 31.6. The minimum Gasteiger partial charge on any atom is -0.496 e. The Labute approximate surface area is 255 Å². The van der Waals surface area contributed by atoms with Crippen LogP contribution in [0.4, 0.5) is 13.6 Å². The Balaban J connectivity index is 1.43. The lowest BCUT2D eigenvalue weighted by molar-refractivity contribution is -0.186. The van der Waals surface area contributed by atoms with Crippen molar-refractivity contribution in [2.24, 2.45) is 5.41 Å². The number of carbonyl (C=O) groups is 2. The number of aryl methyl sites for hydroxylation is 1. The first-order chi connectivity index (χ1) is 20.7. The van der Waals surface area contributed by atoms with Gasteiger partial charge in [0, 0.05) is 54.2 Å². The van der Waals surface area contributed by atoms with Crippen molar-refractivity contribution in [3.8, 4) is 5.75 Å². The maximum atomic E-state index is 14.3. The summed E-state index contributed by atoms with van der Waals surface area (Å²) >= 11 is 0. The number of nitrogens with zero attached hydrogens (tertiary/aromatic N) is 2.